The summed E-state index contributed by atoms with van der Waals surface area (Å²) in [5, 5.41) is 16.1. The maximum atomic E-state index is 10.6. The molecule has 1 aromatic rings. The van der Waals surface area contributed by atoms with Crippen LogP contribution in [0.4, 0.5) is 0 Å². The maximum absolute atomic E-state index is 10.6. The van der Waals surface area contributed by atoms with Gasteiger partial charge in [0.05, 0.1) is 11.9 Å². The minimum absolute atomic E-state index is 0.398. The number of nitrogens with zero attached hydrogens (tertiary/aromatic N) is 3. The molecule has 0 spiro atoms. The van der Waals surface area contributed by atoms with Gasteiger partial charge in [-0.1, -0.05) is 5.21 Å². The van der Waals surface area contributed by atoms with Crippen molar-refractivity contribution in [2.75, 3.05) is 0 Å². The molecule has 1 aliphatic rings. The highest BCUT2D eigenvalue weighted by molar-refractivity contribution is 5.75. The highest BCUT2D eigenvalue weighted by Gasteiger charge is 2.29. The van der Waals surface area contributed by atoms with Crippen molar-refractivity contribution in [3.8, 4) is 0 Å². The monoisotopic (exact) mass is 153 g/mol. The van der Waals surface area contributed by atoms with Crippen LogP contribution in [0.15, 0.2) is 6.20 Å². The van der Waals surface area contributed by atoms with Gasteiger partial charge in [0.1, 0.15) is 5.92 Å². The van der Waals surface area contributed by atoms with E-state index in [1.807, 2.05) is 0 Å². The molecule has 2 rings (SSSR count). The zero-order chi connectivity index (χ0) is 7.84. The van der Waals surface area contributed by atoms with Gasteiger partial charge < -0.3 is 5.11 Å². The number of fused-ring (bicyclic) bond motifs is 1. The number of rotatable bonds is 1. The topological polar surface area (TPSA) is 68.0 Å². The molecule has 0 fully saturated rings. The summed E-state index contributed by atoms with van der Waals surface area (Å²) in [7, 11) is 0. The van der Waals surface area contributed by atoms with E-state index in [0.717, 1.165) is 5.69 Å². The van der Waals surface area contributed by atoms with Crippen LogP contribution >= 0.6 is 0 Å². The van der Waals surface area contributed by atoms with Crippen molar-refractivity contribution in [3.63, 3.8) is 0 Å². The van der Waals surface area contributed by atoms with Gasteiger partial charge in [0.2, 0.25) is 0 Å². The van der Waals surface area contributed by atoms with Gasteiger partial charge in [-0.3, -0.25) is 4.79 Å². The molecule has 58 valence electrons. The summed E-state index contributed by atoms with van der Waals surface area (Å²) in [6.45, 7) is 0.673. The molecule has 1 atom stereocenters. The van der Waals surface area contributed by atoms with E-state index in [1.165, 1.54) is 6.20 Å². The Morgan fingerprint density at radius 1 is 1.82 bits per heavy atom. The van der Waals surface area contributed by atoms with Crippen molar-refractivity contribution in [2.45, 2.75) is 18.9 Å². The fraction of sp³-hybridized carbons (Fsp3) is 0.500. The Balaban J connectivity index is 2.38. The lowest BCUT2D eigenvalue weighted by molar-refractivity contribution is -0.138. The van der Waals surface area contributed by atoms with Crippen molar-refractivity contribution in [1.29, 1.82) is 0 Å². The Morgan fingerprint density at radius 3 is 3.36 bits per heavy atom. The Morgan fingerprint density at radius 2 is 2.64 bits per heavy atom. The molecular formula is C6H7N3O2. The lowest BCUT2D eigenvalue weighted by Crippen LogP contribution is -2.07. The second-order valence-corrected chi connectivity index (χ2v) is 2.56. The number of hydrogen-bond donors (Lipinski definition) is 1. The summed E-state index contributed by atoms with van der Waals surface area (Å²) < 4.78 is 1.64. The number of carboxylic acids is 1. The number of aryl methyl sites for hydroxylation is 1. The van der Waals surface area contributed by atoms with Crippen LogP contribution in [0, 0.1) is 0 Å². The van der Waals surface area contributed by atoms with Gasteiger partial charge in [0.15, 0.2) is 0 Å². The molecule has 0 aromatic carbocycles. The van der Waals surface area contributed by atoms with E-state index in [1.54, 1.807) is 4.68 Å². The van der Waals surface area contributed by atoms with E-state index in [0.29, 0.717) is 13.0 Å². The molecule has 1 N–H and O–H groups in total. The zero-order valence-corrected chi connectivity index (χ0v) is 5.77. The summed E-state index contributed by atoms with van der Waals surface area (Å²) >= 11 is 0. The van der Waals surface area contributed by atoms with E-state index >= 15 is 0 Å². The molecule has 0 saturated heterocycles. The lowest BCUT2D eigenvalue weighted by Gasteiger charge is -1.98. The quantitative estimate of drug-likeness (QED) is 0.609. The molecular weight excluding hydrogens is 146 g/mol. The van der Waals surface area contributed by atoms with E-state index in [9.17, 15) is 4.79 Å². The minimum Gasteiger partial charge on any atom is -0.481 e. The maximum Gasteiger partial charge on any atom is 0.312 e. The van der Waals surface area contributed by atoms with Crippen LogP contribution in [0.25, 0.3) is 0 Å². The first-order valence-electron chi connectivity index (χ1n) is 3.40. The van der Waals surface area contributed by atoms with Crippen LogP contribution in [0.2, 0.25) is 0 Å². The molecule has 0 amide bonds. The van der Waals surface area contributed by atoms with Crippen LogP contribution in [0.5, 0.6) is 0 Å². The van der Waals surface area contributed by atoms with Crippen molar-refractivity contribution in [1.82, 2.24) is 15.0 Å². The standard InChI is InChI=1S/C6H7N3O2/c10-6(11)4-1-2-9-5(4)3-7-8-9/h3-4H,1-2H2,(H,10,11). The summed E-state index contributed by atoms with van der Waals surface area (Å²) in [6.07, 6.45) is 2.16. The average Bonchev–Trinajstić information content (AvgIpc) is 2.41. The van der Waals surface area contributed by atoms with Crippen LogP contribution in [-0.4, -0.2) is 26.1 Å². The Kier molecular flexibility index (Phi) is 1.18. The largest absolute Gasteiger partial charge is 0.481 e. The molecule has 1 unspecified atom stereocenters. The van der Waals surface area contributed by atoms with Crippen molar-refractivity contribution >= 4 is 5.97 Å². The van der Waals surface area contributed by atoms with Crippen LogP contribution < -0.4 is 0 Å². The fourth-order valence-electron chi connectivity index (χ4n) is 1.36. The summed E-state index contributed by atoms with van der Waals surface area (Å²) in [5.41, 5.74) is 0.720. The first-order valence-corrected chi connectivity index (χ1v) is 3.40. The summed E-state index contributed by atoms with van der Waals surface area (Å²) in [6, 6.07) is 0. The lowest BCUT2D eigenvalue weighted by atomic mass is 10.1. The molecule has 5 heteroatoms. The first-order chi connectivity index (χ1) is 5.29. The fourth-order valence-corrected chi connectivity index (χ4v) is 1.36. The molecule has 0 bridgehead atoms. The van der Waals surface area contributed by atoms with Gasteiger partial charge in [-0.05, 0) is 6.42 Å². The number of aromatic nitrogens is 3. The smallest absolute Gasteiger partial charge is 0.312 e. The van der Waals surface area contributed by atoms with Gasteiger partial charge in [0.25, 0.3) is 0 Å². The van der Waals surface area contributed by atoms with E-state index in [-0.39, 0.29) is 0 Å². The molecule has 0 aliphatic carbocycles. The van der Waals surface area contributed by atoms with Gasteiger partial charge in [-0.15, -0.1) is 5.10 Å². The third kappa shape index (κ3) is 0.806. The Hall–Kier alpha value is -1.39. The number of aliphatic carboxylic acids is 1. The highest BCUT2D eigenvalue weighted by atomic mass is 16.4. The molecule has 1 aliphatic heterocycles. The number of carbonyl (C=O) groups is 1. The van der Waals surface area contributed by atoms with E-state index in [2.05, 4.69) is 10.3 Å². The highest BCUT2D eigenvalue weighted by Crippen LogP contribution is 2.25. The normalized spacial score (nSPS) is 21.6. The second-order valence-electron chi connectivity index (χ2n) is 2.56. The Bertz CT molecular complexity index is 294. The van der Waals surface area contributed by atoms with Crippen molar-refractivity contribution in [2.24, 2.45) is 0 Å². The van der Waals surface area contributed by atoms with Crippen LogP contribution in [0.3, 0.4) is 0 Å². The molecule has 5 nitrogen and oxygen atoms in total. The van der Waals surface area contributed by atoms with Gasteiger partial charge in [0, 0.05) is 6.54 Å². The van der Waals surface area contributed by atoms with Gasteiger partial charge in [-0.25, -0.2) is 4.68 Å². The third-order valence-corrected chi connectivity index (χ3v) is 1.93. The zero-order valence-electron chi connectivity index (χ0n) is 5.77. The average molecular weight is 153 g/mol. The summed E-state index contributed by atoms with van der Waals surface area (Å²) in [4.78, 5) is 10.6. The van der Waals surface area contributed by atoms with Gasteiger partial charge in [-0.2, -0.15) is 0 Å². The SMILES string of the molecule is O=C(O)C1CCn2nncc21. The van der Waals surface area contributed by atoms with Gasteiger partial charge >= 0.3 is 5.97 Å². The predicted octanol–water partition coefficient (Wildman–Crippen LogP) is -0.150. The molecule has 0 saturated carbocycles. The van der Waals surface area contributed by atoms with E-state index in [4.69, 9.17) is 5.11 Å². The summed E-state index contributed by atoms with van der Waals surface area (Å²) in [5.74, 6) is -1.18. The number of carboxylic acid groups (broad SMARTS) is 1. The number of hydrogen-bond acceptors (Lipinski definition) is 3. The second kappa shape index (κ2) is 2.05. The molecule has 0 radical (unpaired) electrons. The Labute approximate surface area is 62.6 Å². The van der Waals surface area contributed by atoms with Crippen LogP contribution in [0.1, 0.15) is 18.0 Å². The van der Waals surface area contributed by atoms with Crippen LogP contribution in [-0.2, 0) is 11.3 Å². The van der Waals surface area contributed by atoms with Crippen molar-refractivity contribution < 1.29 is 9.90 Å². The molecule has 11 heavy (non-hydrogen) atoms. The first kappa shape index (κ1) is 6.33. The molecule has 1 aromatic heterocycles. The predicted molar refractivity (Wildman–Crippen MR) is 35.0 cm³/mol. The van der Waals surface area contributed by atoms with E-state index < -0.39 is 11.9 Å². The third-order valence-electron chi connectivity index (χ3n) is 1.93. The minimum atomic E-state index is -0.786. The molecule has 2 heterocycles. The van der Waals surface area contributed by atoms with Crippen molar-refractivity contribution in [3.05, 3.63) is 11.9 Å².